The highest BCUT2D eigenvalue weighted by Gasteiger charge is 2.05. The highest BCUT2D eigenvalue weighted by molar-refractivity contribution is 5.87. The number of hydrogen-bond acceptors (Lipinski definition) is 3. The Balaban J connectivity index is 3.69. The van der Waals surface area contributed by atoms with E-state index in [1.165, 1.54) is 0 Å². The van der Waals surface area contributed by atoms with Gasteiger partial charge in [-0.1, -0.05) is 13.3 Å². The quantitative estimate of drug-likeness (QED) is 0.383. The van der Waals surface area contributed by atoms with Crippen LogP contribution in [0, 0.1) is 11.3 Å². The zero-order valence-corrected chi connectivity index (χ0v) is 8.32. The summed E-state index contributed by atoms with van der Waals surface area (Å²) < 4.78 is 5.19. The Morgan fingerprint density at radius 3 is 2.79 bits per heavy atom. The first-order chi connectivity index (χ1) is 6.72. The normalized spacial score (nSPS) is 11.0. The first-order valence-corrected chi connectivity index (χ1v) is 4.62. The van der Waals surface area contributed by atoms with Crippen LogP contribution in [0.3, 0.4) is 0 Å². The summed E-state index contributed by atoms with van der Waals surface area (Å²) in [5.41, 5.74) is 0.101. The fourth-order valence-corrected chi connectivity index (χ4v) is 0.849. The molecule has 4 heteroatoms. The summed E-state index contributed by atoms with van der Waals surface area (Å²) in [7, 11) is 0. The number of nitrogens with zero attached hydrogens (tertiary/aromatic N) is 1. The summed E-state index contributed by atoms with van der Waals surface area (Å²) >= 11 is 0. The molecular formula is C10H15NO3. The SMILES string of the molecule is CCCCOCCC(=CC#N)C(=O)O. The molecule has 0 saturated carbocycles. The van der Waals surface area contributed by atoms with Crippen LogP contribution < -0.4 is 0 Å². The zero-order chi connectivity index (χ0) is 10.8. The maximum atomic E-state index is 10.5. The molecule has 0 aromatic heterocycles. The summed E-state index contributed by atoms with van der Waals surface area (Å²) in [6.45, 7) is 3.07. The largest absolute Gasteiger partial charge is 0.478 e. The van der Waals surface area contributed by atoms with Gasteiger partial charge in [-0.25, -0.2) is 4.79 Å². The van der Waals surface area contributed by atoms with Crippen molar-refractivity contribution in [3.63, 3.8) is 0 Å². The monoisotopic (exact) mass is 197 g/mol. The second kappa shape index (κ2) is 8.27. The molecular weight excluding hydrogens is 182 g/mol. The van der Waals surface area contributed by atoms with Crippen LogP contribution in [-0.4, -0.2) is 24.3 Å². The number of allylic oxidation sites excluding steroid dienone is 1. The van der Waals surface area contributed by atoms with E-state index in [0.717, 1.165) is 18.9 Å². The number of carbonyl (C=O) groups is 1. The van der Waals surface area contributed by atoms with E-state index in [1.54, 1.807) is 6.07 Å². The van der Waals surface area contributed by atoms with Crippen molar-refractivity contribution in [1.29, 1.82) is 5.26 Å². The molecule has 0 aromatic carbocycles. The summed E-state index contributed by atoms with van der Waals surface area (Å²) in [6.07, 6.45) is 3.36. The molecule has 0 unspecified atom stereocenters. The predicted molar refractivity (Wildman–Crippen MR) is 51.7 cm³/mol. The van der Waals surface area contributed by atoms with E-state index in [1.807, 2.05) is 0 Å². The van der Waals surface area contributed by atoms with Crippen LogP contribution in [0.2, 0.25) is 0 Å². The average molecular weight is 197 g/mol. The van der Waals surface area contributed by atoms with Crippen LogP contribution in [0.5, 0.6) is 0 Å². The molecule has 0 aliphatic carbocycles. The second-order valence-corrected chi connectivity index (χ2v) is 2.82. The van der Waals surface area contributed by atoms with Gasteiger partial charge in [0.25, 0.3) is 0 Å². The number of carboxylic acids is 1. The van der Waals surface area contributed by atoms with Gasteiger partial charge in [0.05, 0.1) is 12.7 Å². The number of ether oxygens (including phenoxy) is 1. The van der Waals surface area contributed by atoms with Crippen LogP contribution >= 0.6 is 0 Å². The topological polar surface area (TPSA) is 70.3 Å². The smallest absolute Gasteiger partial charge is 0.332 e. The first kappa shape index (κ1) is 12.7. The van der Waals surface area contributed by atoms with E-state index >= 15 is 0 Å². The molecule has 0 aromatic rings. The Kier molecular flexibility index (Phi) is 7.48. The van der Waals surface area contributed by atoms with Gasteiger partial charge in [-0.05, 0) is 6.42 Å². The molecule has 1 N–H and O–H groups in total. The molecule has 0 heterocycles. The van der Waals surface area contributed by atoms with Crippen LogP contribution in [0.15, 0.2) is 11.6 Å². The Labute approximate surface area is 83.8 Å². The minimum absolute atomic E-state index is 0.101. The van der Waals surface area contributed by atoms with Crippen LogP contribution in [-0.2, 0) is 9.53 Å². The molecule has 78 valence electrons. The van der Waals surface area contributed by atoms with Crippen molar-refractivity contribution in [2.75, 3.05) is 13.2 Å². The minimum Gasteiger partial charge on any atom is -0.478 e. The number of hydrogen-bond donors (Lipinski definition) is 1. The van der Waals surface area contributed by atoms with Gasteiger partial charge in [0, 0.05) is 24.7 Å². The lowest BCUT2D eigenvalue weighted by Gasteiger charge is -2.02. The third kappa shape index (κ3) is 6.21. The molecule has 0 radical (unpaired) electrons. The van der Waals surface area contributed by atoms with Crippen LogP contribution in [0.25, 0.3) is 0 Å². The van der Waals surface area contributed by atoms with Crippen molar-refractivity contribution in [3.05, 3.63) is 11.6 Å². The van der Waals surface area contributed by atoms with E-state index in [9.17, 15) is 4.79 Å². The van der Waals surface area contributed by atoms with Gasteiger partial charge in [0.15, 0.2) is 0 Å². The van der Waals surface area contributed by atoms with Crippen molar-refractivity contribution in [2.24, 2.45) is 0 Å². The third-order valence-electron chi connectivity index (χ3n) is 1.67. The maximum Gasteiger partial charge on any atom is 0.332 e. The molecule has 0 aliphatic heterocycles. The molecule has 0 saturated heterocycles. The van der Waals surface area contributed by atoms with Crippen molar-refractivity contribution in [3.8, 4) is 6.07 Å². The first-order valence-electron chi connectivity index (χ1n) is 4.62. The maximum absolute atomic E-state index is 10.5. The molecule has 0 rings (SSSR count). The average Bonchev–Trinajstić information content (AvgIpc) is 2.15. The number of aliphatic carboxylic acids is 1. The van der Waals surface area contributed by atoms with Gasteiger partial charge in [-0.15, -0.1) is 0 Å². The molecule has 0 spiro atoms. The minimum atomic E-state index is -1.05. The van der Waals surface area contributed by atoms with E-state index < -0.39 is 5.97 Å². The van der Waals surface area contributed by atoms with Crippen molar-refractivity contribution in [1.82, 2.24) is 0 Å². The van der Waals surface area contributed by atoms with Crippen LogP contribution in [0.1, 0.15) is 26.2 Å². The van der Waals surface area contributed by atoms with Gasteiger partial charge < -0.3 is 9.84 Å². The Hall–Kier alpha value is -1.34. The highest BCUT2D eigenvalue weighted by atomic mass is 16.5. The Morgan fingerprint density at radius 2 is 2.29 bits per heavy atom. The summed E-state index contributed by atoms with van der Waals surface area (Å²) in [5, 5.41) is 16.9. The second-order valence-electron chi connectivity index (χ2n) is 2.82. The molecule has 0 atom stereocenters. The summed E-state index contributed by atoms with van der Waals surface area (Å²) in [5.74, 6) is -1.05. The number of carboxylic acid groups (broad SMARTS) is 1. The van der Waals surface area contributed by atoms with Crippen molar-refractivity contribution >= 4 is 5.97 Å². The molecule has 0 aliphatic rings. The molecule has 0 bridgehead atoms. The molecule has 0 fully saturated rings. The van der Waals surface area contributed by atoms with Crippen LogP contribution in [0.4, 0.5) is 0 Å². The Bertz CT molecular complexity index is 240. The van der Waals surface area contributed by atoms with Crippen molar-refractivity contribution < 1.29 is 14.6 Å². The fraction of sp³-hybridized carbons (Fsp3) is 0.600. The van der Waals surface area contributed by atoms with Gasteiger partial charge in [0.2, 0.25) is 0 Å². The lowest BCUT2D eigenvalue weighted by Crippen LogP contribution is -2.05. The Morgan fingerprint density at radius 1 is 1.57 bits per heavy atom. The summed E-state index contributed by atoms with van der Waals surface area (Å²) in [6, 6.07) is 1.70. The van der Waals surface area contributed by atoms with Gasteiger partial charge in [0.1, 0.15) is 0 Å². The lowest BCUT2D eigenvalue weighted by molar-refractivity contribution is -0.132. The van der Waals surface area contributed by atoms with Gasteiger partial charge >= 0.3 is 5.97 Å². The molecule has 4 nitrogen and oxygen atoms in total. The highest BCUT2D eigenvalue weighted by Crippen LogP contribution is 2.01. The van der Waals surface area contributed by atoms with Gasteiger partial charge in [-0.2, -0.15) is 5.26 Å². The molecule has 14 heavy (non-hydrogen) atoms. The summed E-state index contributed by atoms with van der Waals surface area (Å²) in [4.78, 5) is 10.5. The van der Waals surface area contributed by atoms with E-state index in [-0.39, 0.29) is 12.0 Å². The van der Waals surface area contributed by atoms with E-state index in [0.29, 0.717) is 13.2 Å². The van der Waals surface area contributed by atoms with Crippen molar-refractivity contribution in [2.45, 2.75) is 26.2 Å². The van der Waals surface area contributed by atoms with Gasteiger partial charge in [-0.3, -0.25) is 0 Å². The fourth-order valence-electron chi connectivity index (χ4n) is 0.849. The molecule has 0 amide bonds. The standard InChI is InChI=1S/C10H15NO3/c1-2-3-7-14-8-5-9(4-6-11)10(12)13/h4H,2-3,5,7-8H2,1H3,(H,12,13). The number of rotatable bonds is 7. The van der Waals surface area contributed by atoms with E-state index in [2.05, 4.69) is 6.92 Å². The zero-order valence-electron chi connectivity index (χ0n) is 8.32. The lowest BCUT2D eigenvalue weighted by atomic mass is 10.2. The predicted octanol–water partition coefficient (Wildman–Crippen LogP) is 1.73. The number of nitriles is 1. The van der Waals surface area contributed by atoms with E-state index in [4.69, 9.17) is 15.1 Å². The number of unbranched alkanes of at least 4 members (excludes halogenated alkanes) is 1. The third-order valence-corrected chi connectivity index (χ3v) is 1.67.